The molecule has 12 nitrogen and oxygen atoms in total. The number of carbonyl (C=O) groups is 2. The molecule has 2 aromatic rings. The largest absolute Gasteiger partial charge is 0.506 e. The maximum atomic E-state index is 13.0. The molecule has 0 radical (unpaired) electrons. The van der Waals surface area contributed by atoms with Crippen LogP contribution in [0.4, 0.5) is 10.5 Å². The van der Waals surface area contributed by atoms with E-state index in [4.69, 9.17) is 26.2 Å². The Labute approximate surface area is 162 Å². The molecule has 0 fully saturated rings. The summed E-state index contributed by atoms with van der Waals surface area (Å²) in [5.41, 5.74) is -1.39. The molecule has 0 aliphatic rings. The zero-order valence-electron chi connectivity index (χ0n) is 14.9. The first-order chi connectivity index (χ1) is 13.2. The van der Waals surface area contributed by atoms with Crippen molar-refractivity contribution in [3.05, 3.63) is 39.2 Å². The molecule has 0 saturated heterocycles. The van der Waals surface area contributed by atoms with Crippen LogP contribution in [0.15, 0.2) is 12.1 Å². The molecule has 0 spiro atoms. The van der Waals surface area contributed by atoms with Crippen molar-refractivity contribution >= 4 is 29.2 Å². The fourth-order valence-corrected chi connectivity index (χ4v) is 2.49. The fraction of sp³-hybridized carbons (Fsp3) is 0.333. The topological polar surface area (TPSA) is 156 Å². The van der Waals surface area contributed by atoms with E-state index in [0.717, 1.165) is 16.9 Å². The van der Waals surface area contributed by atoms with Crippen LogP contribution in [0.3, 0.4) is 0 Å². The molecule has 1 unspecified atom stereocenters. The van der Waals surface area contributed by atoms with Crippen LogP contribution in [0.2, 0.25) is 0 Å². The predicted octanol–water partition coefficient (Wildman–Crippen LogP) is 2.39. The monoisotopic (exact) mass is 414 g/mol. The van der Waals surface area contributed by atoms with Gasteiger partial charge in [-0.1, -0.05) is 11.6 Å². The molecule has 0 aliphatic heterocycles. The van der Waals surface area contributed by atoms with Gasteiger partial charge in [0.15, 0.2) is 17.2 Å². The van der Waals surface area contributed by atoms with Gasteiger partial charge in [0.2, 0.25) is 5.78 Å². The maximum absolute atomic E-state index is 13.0. The third kappa shape index (κ3) is 4.11. The average Bonchev–Trinajstić information content (AvgIpc) is 3.10. The van der Waals surface area contributed by atoms with Gasteiger partial charge in [-0.2, -0.15) is 9.90 Å². The summed E-state index contributed by atoms with van der Waals surface area (Å²) in [4.78, 5) is 35.4. The minimum atomic E-state index is -1.59. The Morgan fingerprint density at radius 3 is 2.39 bits per heavy atom. The Morgan fingerprint density at radius 2 is 1.89 bits per heavy atom. The first kappa shape index (κ1) is 20.9. The number of hydrogen-bond donors (Lipinski definition) is 1. The number of halogens is 1. The molecular formula is C15H15ClN4O8. The Bertz CT molecular complexity index is 929. The second kappa shape index (κ2) is 8.52. The molecule has 1 aromatic heterocycles. The van der Waals surface area contributed by atoms with Crippen molar-refractivity contribution in [1.82, 2.24) is 15.0 Å². The van der Waals surface area contributed by atoms with E-state index < -0.39 is 28.7 Å². The number of hydrogen-bond acceptors (Lipinski definition) is 9. The summed E-state index contributed by atoms with van der Waals surface area (Å²) in [5.74, 6) is -0.754. The first-order valence-corrected chi connectivity index (χ1v) is 8.12. The van der Waals surface area contributed by atoms with Crippen LogP contribution in [0.25, 0.3) is 0 Å². The van der Waals surface area contributed by atoms with Crippen molar-refractivity contribution in [2.75, 3.05) is 14.2 Å². The molecule has 1 N–H and O–H groups in total. The molecule has 2 rings (SSSR count). The predicted molar refractivity (Wildman–Crippen MR) is 93.0 cm³/mol. The summed E-state index contributed by atoms with van der Waals surface area (Å²) in [6.07, 6.45) is -2.77. The summed E-state index contributed by atoms with van der Waals surface area (Å²) in [6.45, 7) is 1.33. The Balaban J connectivity index is 2.64. The molecular weight excluding hydrogens is 400 g/mol. The van der Waals surface area contributed by atoms with Crippen LogP contribution in [0.1, 0.15) is 34.8 Å². The van der Waals surface area contributed by atoms with Gasteiger partial charge < -0.3 is 19.3 Å². The number of benzene rings is 1. The van der Waals surface area contributed by atoms with E-state index in [1.165, 1.54) is 21.1 Å². The molecule has 0 amide bonds. The molecule has 1 aromatic carbocycles. The number of ketones is 1. The minimum absolute atomic E-state index is 0.0537. The third-order valence-corrected chi connectivity index (χ3v) is 3.82. The second-order valence-corrected chi connectivity index (χ2v) is 5.50. The van der Waals surface area contributed by atoms with E-state index in [1.54, 1.807) is 0 Å². The van der Waals surface area contributed by atoms with E-state index in [-0.39, 0.29) is 34.5 Å². The van der Waals surface area contributed by atoms with E-state index in [0.29, 0.717) is 0 Å². The van der Waals surface area contributed by atoms with Gasteiger partial charge in [0.1, 0.15) is 23.4 Å². The number of carbonyl (C=O) groups excluding carboxylic acids is 1. The van der Waals surface area contributed by atoms with Crippen molar-refractivity contribution in [3.8, 4) is 11.5 Å². The van der Waals surface area contributed by atoms with Crippen LogP contribution in [0, 0.1) is 10.1 Å². The van der Waals surface area contributed by atoms with Gasteiger partial charge in [0.25, 0.3) is 5.69 Å². The Hall–Kier alpha value is -3.41. The third-order valence-electron chi connectivity index (χ3n) is 3.61. The Kier molecular flexibility index (Phi) is 6.36. The molecule has 0 aliphatic carbocycles. The number of aromatic nitrogens is 3. The maximum Gasteiger partial charge on any atom is 0.506 e. The molecule has 150 valence electrons. The van der Waals surface area contributed by atoms with Crippen LogP contribution < -0.4 is 9.47 Å². The first-order valence-electron chi connectivity index (χ1n) is 7.59. The normalized spacial score (nSPS) is 11.6. The highest BCUT2D eigenvalue weighted by Gasteiger charge is 2.31. The van der Waals surface area contributed by atoms with Gasteiger partial charge in [0.05, 0.1) is 25.2 Å². The van der Waals surface area contributed by atoms with Crippen LogP contribution in [0.5, 0.6) is 11.5 Å². The number of nitrogens with zero attached hydrogens (tertiary/aromatic N) is 4. The number of rotatable bonds is 8. The van der Waals surface area contributed by atoms with Crippen LogP contribution >= 0.6 is 11.6 Å². The summed E-state index contributed by atoms with van der Waals surface area (Å²) in [6, 6.07) is 1.93. The highest BCUT2D eigenvalue weighted by atomic mass is 35.5. The number of methoxy groups -OCH3 is 2. The van der Waals surface area contributed by atoms with E-state index in [1.807, 2.05) is 0 Å². The van der Waals surface area contributed by atoms with Gasteiger partial charge in [-0.3, -0.25) is 14.9 Å². The van der Waals surface area contributed by atoms with E-state index in [9.17, 15) is 19.7 Å². The van der Waals surface area contributed by atoms with Crippen molar-refractivity contribution in [1.29, 1.82) is 0 Å². The summed E-state index contributed by atoms with van der Waals surface area (Å²) >= 11 is 5.67. The lowest BCUT2D eigenvalue weighted by Gasteiger charge is -2.11. The van der Waals surface area contributed by atoms with Gasteiger partial charge in [-0.25, -0.2) is 4.79 Å². The van der Waals surface area contributed by atoms with Crippen molar-refractivity contribution in [2.45, 2.75) is 19.0 Å². The number of nitro benzene ring substituents is 1. The van der Waals surface area contributed by atoms with Crippen LogP contribution in [-0.4, -0.2) is 51.2 Å². The smallest absolute Gasteiger partial charge is 0.493 e. The van der Waals surface area contributed by atoms with Crippen molar-refractivity contribution in [3.63, 3.8) is 0 Å². The molecule has 0 saturated carbocycles. The SMILES string of the molecule is COc1cc(C(=O)c2nn(CCl)nc2C(C)OC(=O)O)c([N+](=O)[O-])cc1OC. The van der Waals surface area contributed by atoms with Gasteiger partial charge >= 0.3 is 6.16 Å². The van der Waals surface area contributed by atoms with Gasteiger partial charge in [-0.15, -0.1) is 5.10 Å². The Morgan fingerprint density at radius 1 is 1.29 bits per heavy atom. The van der Waals surface area contributed by atoms with Crippen LogP contribution in [-0.2, 0) is 10.7 Å². The lowest BCUT2D eigenvalue weighted by atomic mass is 10.0. The summed E-state index contributed by atoms with van der Waals surface area (Å²) in [7, 11) is 2.59. The molecule has 1 heterocycles. The highest BCUT2D eigenvalue weighted by molar-refractivity contribution is 6.15. The number of nitro groups is 1. The molecule has 0 bridgehead atoms. The molecule has 1 atom stereocenters. The molecule has 28 heavy (non-hydrogen) atoms. The van der Waals surface area contributed by atoms with Crippen molar-refractivity contribution in [2.24, 2.45) is 0 Å². The zero-order chi connectivity index (χ0) is 21.0. The minimum Gasteiger partial charge on any atom is -0.493 e. The number of carboxylic acid groups (broad SMARTS) is 1. The van der Waals surface area contributed by atoms with Gasteiger partial charge in [-0.05, 0) is 6.92 Å². The van der Waals surface area contributed by atoms with Crippen molar-refractivity contribution < 1.29 is 33.8 Å². The number of alkyl halides is 1. The molecule has 13 heteroatoms. The summed E-state index contributed by atoms with van der Waals surface area (Å²) < 4.78 is 14.7. The quantitative estimate of drug-likeness (QED) is 0.223. The second-order valence-electron chi connectivity index (χ2n) is 5.26. The van der Waals surface area contributed by atoms with E-state index in [2.05, 4.69) is 14.9 Å². The average molecular weight is 415 g/mol. The lowest BCUT2D eigenvalue weighted by molar-refractivity contribution is -0.385. The highest BCUT2D eigenvalue weighted by Crippen LogP contribution is 2.36. The summed E-state index contributed by atoms with van der Waals surface area (Å²) in [5, 5.41) is 28.0. The van der Waals surface area contributed by atoms with Gasteiger partial charge in [0, 0.05) is 6.07 Å². The number of ether oxygens (including phenoxy) is 3. The fourth-order valence-electron chi connectivity index (χ4n) is 2.39. The standard InChI is InChI=1S/C15H15ClN4O8/c1-7(28-15(22)23)12-13(18-19(6-16)17-12)14(21)8-4-10(26-2)11(27-3)5-9(8)20(24)25/h4-5,7H,6H2,1-3H3,(H,22,23). The zero-order valence-corrected chi connectivity index (χ0v) is 15.7. The van der Waals surface area contributed by atoms with E-state index >= 15 is 0 Å². The lowest BCUT2D eigenvalue weighted by Crippen LogP contribution is -2.13.